The molecule has 1 aromatic carbocycles. The van der Waals surface area contributed by atoms with E-state index in [0.717, 1.165) is 32.5 Å². The van der Waals surface area contributed by atoms with Gasteiger partial charge in [-0.1, -0.05) is 37.3 Å². The van der Waals surface area contributed by atoms with E-state index in [1.807, 2.05) is 6.07 Å². The van der Waals surface area contributed by atoms with Gasteiger partial charge in [0, 0.05) is 13.2 Å². The summed E-state index contributed by atoms with van der Waals surface area (Å²) in [6, 6.07) is 10.5. The zero-order chi connectivity index (χ0) is 10.9. The number of nitrogens with zero attached hydrogens (tertiary/aromatic N) is 1. The van der Waals surface area contributed by atoms with Crippen LogP contribution in [0.1, 0.15) is 25.3 Å². The van der Waals surface area contributed by atoms with Crippen LogP contribution in [0.2, 0.25) is 0 Å². The van der Waals surface area contributed by atoms with Crippen LogP contribution in [0.5, 0.6) is 0 Å². The number of aliphatic hydroxyl groups excluding tert-OH is 1. The first-order valence-corrected chi connectivity index (χ1v) is 5.74. The molecule has 2 nitrogen and oxygen atoms in total. The molecule has 1 rings (SSSR count). The van der Waals surface area contributed by atoms with E-state index in [4.69, 9.17) is 5.11 Å². The summed E-state index contributed by atoms with van der Waals surface area (Å²) >= 11 is 0. The number of unbranched alkanes of at least 4 members (excludes halogenated alkanes) is 1. The molecule has 0 radical (unpaired) electrons. The third kappa shape index (κ3) is 4.96. The Hall–Kier alpha value is -0.860. The van der Waals surface area contributed by atoms with Crippen LogP contribution in [0.4, 0.5) is 0 Å². The molecule has 0 spiro atoms. The number of hydrogen-bond acceptors (Lipinski definition) is 2. The summed E-state index contributed by atoms with van der Waals surface area (Å²) in [6.07, 6.45) is 1.99. The molecule has 1 aromatic rings. The van der Waals surface area contributed by atoms with Crippen LogP contribution in [0.15, 0.2) is 30.3 Å². The first-order valence-electron chi connectivity index (χ1n) is 5.74. The van der Waals surface area contributed by atoms with E-state index in [-0.39, 0.29) is 0 Å². The Morgan fingerprint density at radius 1 is 1.13 bits per heavy atom. The molecule has 0 unspecified atom stereocenters. The van der Waals surface area contributed by atoms with Gasteiger partial charge < -0.3 is 5.11 Å². The SMILES string of the molecule is CCN(CCCCO)Cc1ccccc1. The highest BCUT2D eigenvalue weighted by molar-refractivity contribution is 5.14. The van der Waals surface area contributed by atoms with Crippen molar-refractivity contribution in [3.63, 3.8) is 0 Å². The second-order valence-corrected chi connectivity index (χ2v) is 3.79. The second-order valence-electron chi connectivity index (χ2n) is 3.79. The van der Waals surface area contributed by atoms with Crippen molar-refractivity contribution in [2.75, 3.05) is 19.7 Å². The van der Waals surface area contributed by atoms with Gasteiger partial charge >= 0.3 is 0 Å². The Balaban J connectivity index is 2.33. The minimum atomic E-state index is 0.308. The van der Waals surface area contributed by atoms with Crippen LogP contribution in [-0.2, 0) is 6.54 Å². The summed E-state index contributed by atoms with van der Waals surface area (Å²) in [7, 11) is 0. The van der Waals surface area contributed by atoms with Gasteiger partial charge in [0.2, 0.25) is 0 Å². The molecule has 0 aromatic heterocycles. The van der Waals surface area contributed by atoms with E-state index >= 15 is 0 Å². The monoisotopic (exact) mass is 207 g/mol. The number of hydrogen-bond donors (Lipinski definition) is 1. The van der Waals surface area contributed by atoms with Gasteiger partial charge in [-0.3, -0.25) is 4.90 Å². The van der Waals surface area contributed by atoms with E-state index in [9.17, 15) is 0 Å². The van der Waals surface area contributed by atoms with E-state index in [1.54, 1.807) is 0 Å². The number of aliphatic hydroxyl groups is 1. The van der Waals surface area contributed by atoms with Crippen LogP contribution in [0, 0.1) is 0 Å². The van der Waals surface area contributed by atoms with Gasteiger partial charge in [0.05, 0.1) is 0 Å². The van der Waals surface area contributed by atoms with Gasteiger partial charge in [-0.25, -0.2) is 0 Å². The van der Waals surface area contributed by atoms with Crippen molar-refractivity contribution in [2.45, 2.75) is 26.3 Å². The molecule has 0 aliphatic rings. The summed E-state index contributed by atoms with van der Waals surface area (Å²) < 4.78 is 0. The molecule has 0 amide bonds. The molecule has 1 N–H and O–H groups in total. The zero-order valence-corrected chi connectivity index (χ0v) is 9.52. The Kier molecular flexibility index (Phi) is 6.05. The van der Waals surface area contributed by atoms with Gasteiger partial charge in [0.25, 0.3) is 0 Å². The lowest BCUT2D eigenvalue weighted by Crippen LogP contribution is -2.24. The molecular formula is C13H21NO. The van der Waals surface area contributed by atoms with Gasteiger partial charge in [-0.2, -0.15) is 0 Å². The molecule has 0 saturated heterocycles. The predicted octanol–water partition coefficient (Wildman–Crippen LogP) is 2.28. The van der Waals surface area contributed by atoms with Crippen LogP contribution in [0.3, 0.4) is 0 Å². The molecule has 0 fully saturated rings. The summed E-state index contributed by atoms with van der Waals surface area (Å²) in [6.45, 7) is 5.65. The maximum Gasteiger partial charge on any atom is 0.0431 e. The van der Waals surface area contributed by atoms with Gasteiger partial charge in [-0.05, 0) is 31.5 Å². The number of benzene rings is 1. The van der Waals surface area contributed by atoms with Crippen molar-refractivity contribution < 1.29 is 5.11 Å². The molecule has 0 aliphatic heterocycles. The molecule has 0 bridgehead atoms. The molecule has 0 saturated carbocycles. The lowest BCUT2D eigenvalue weighted by Gasteiger charge is -2.20. The average Bonchev–Trinajstić information content (AvgIpc) is 2.29. The molecule has 84 valence electrons. The standard InChI is InChI=1S/C13H21NO/c1-2-14(10-6-7-11-15)12-13-8-4-3-5-9-13/h3-5,8-9,15H,2,6-7,10-12H2,1H3. The fourth-order valence-electron chi connectivity index (χ4n) is 1.64. The third-order valence-electron chi connectivity index (χ3n) is 2.58. The highest BCUT2D eigenvalue weighted by atomic mass is 16.2. The maximum absolute atomic E-state index is 8.72. The summed E-state index contributed by atoms with van der Waals surface area (Å²) in [5.74, 6) is 0. The highest BCUT2D eigenvalue weighted by Crippen LogP contribution is 2.05. The first kappa shape index (κ1) is 12.2. The summed E-state index contributed by atoms with van der Waals surface area (Å²) in [5, 5.41) is 8.72. The van der Waals surface area contributed by atoms with E-state index in [0.29, 0.717) is 6.61 Å². The Morgan fingerprint density at radius 2 is 1.87 bits per heavy atom. The van der Waals surface area contributed by atoms with Crippen LogP contribution >= 0.6 is 0 Å². The minimum absolute atomic E-state index is 0.308. The van der Waals surface area contributed by atoms with Crippen LogP contribution < -0.4 is 0 Å². The van der Waals surface area contributed by atoms with Crippen molar-refractivity contribution in [1.29, 1.82) is 0 Å². The fourth-order valence-corrected chi connectivity index (χ4v) is 1.64. The minimum Gasteiger partial charge on any atom is -0.396 e. The molecule has 0 atom stereocenters. The first-order chi connectivity index (χ1) is 7.36. The molecule has 0 heterocycles. The normalized spacial score (nSPS) is 10.9. The van der Waals surface area contributed by atoms with Gasteiger partial charge in [-0.15, -0.1) is 0 Å². The second kappa shape index (κ2) is 7.43. The van der Waals surface area contributed by atoms with Crippen LogP contribution in [0.25, 0.3) is 0 Å². The predicted molar refractivity (Wildman–Crippen MR) is 63.7 cm³/mol. The average molecular weight is 207 g/mol. The summed E-state index contributed by atoms with van der Waals surface area (Å²) in [4.78, 5) is 2.41. The Bertz CT molecular complexity index is 248. The Morgan fingerprint density at radius 3 is 2.47 bits per heavy atom. The topological polar surface area (TPSA) is 23.5 Å². The van der Waals surface area contributed by atoms with E-state index < -0.39 is 0 Å². The third-order valence-corrected chi connectivity index (χ3v) is 2.58. The zero-order valence-electron chi connectivity index (χ0n) is 9.52. The number of rotatable bonds is 7. The lowest BCUT2D eigenvalue weighted by molar-refractivity contribution is 0.243. The van der Waals surface area contributed by atoms with Crippen molar-refractivity contribution in [1.82, 2.24) is 4.90 Å². The Labute approximate surface area is 92.5 Å². The van der Waals surface area contributed by atoms with Crippen LogP contribution in [-0.4, -0.2) is 29.7 Å². The van der Waals surface area contributed by atoms with Crippen molar-refractivity contribution >= 4 is 0 Å². The van der Waals surface area contributed by atoms with Crippen molar-refractivity contribution in [2.24, 2.45) is 0 Å². The molecule has 15 heavy (non-hydrogen) atoms. The van der Waals surface area contributed by atoms with E-state index in [1.165, 1.54) is 5.56 Å². The maximum atomic E-state index is 8.72. The largest absolute Gasteiger partial charge is 0.396 e. The van der Waals surface area contributed by atoms with Gasteiger partial charge in [0.1, 0.15) is 0 Å². The van der Waals surface area contributed by atoms with E-state index in [2.05, 4.69) is 36.1 Å². The lowest BCUT2D eigenvalue weighted by atomic mass is 10.2. The molecule has 0 aliphatic carbocycles. The quantitative estimate of drug-likeness (QED) is 0.693. The van der Waals surface area contributed by atoms with Crippen molar-refractivity contribution in [3.8, 4) is 0 Å². The van der Waals surface area contributed by atoms with Gasteiger partial charge in [0.15, 0.2) is 0 Å². The molecular weight excluding hydrogens is 186 g/mol. The highest BCUT2D eigenvalue weighted by Gasteiger charge is 2.02. The smallest absolute Gasteiger partial charge is 0.0431 e. The molecule has 2 heteroatoms. The van der Waals surface area contributed by atoms with Crippen molar-refractivity contribution in [3.05, 3.63) is 35.9 Å². The fraction of sp³-hybridized carbons (Fsp3) is 0.538. The summed E-state index contributed by atoms with van der Waals surface area (Å²) in [5.41, 5.74) is 1.36.